The molecule has 0 bridgehead atoms. The highest BCUT2D eigenvalue weighted by Crippen LogP contribution is 2.23. The molecule has 3 heterocycles. The first-order valence-electron chi connectivity index (χ1n) is 9.30. The molecular weight excluding hydrogens is 350 g/mol. The number of non-ortho nitro benzene ring substituents is 1. The summed E-state index contributed by atoms with van der Waals surface area (Å²) in [6, 6.07) is 4.80. The van der Waals surface area contributed by atoms with Gasteiger partial charge in [-0.2, -0.15) is 5.10 Å². The van der Waals surface area contributed by atoms with Crippen LogP contribution in [0.25, 0.3) is 10.9 Å². The number of rotatable bonds is 4. The number of nitro benzene ring substituents is 1. The Morgan fingerprint density at radius 2 is 1.96 bits per heavy atom. The second-order valence-corrected chi connectivity index (χ2v) is 7.12. The van der Waals surface area contributed by atoms with Gasteiger partial charge < -0.3 is 9.64 Å². The van der Waals surface area contributed by atoms with Crippen molar-refractivity contribution in [3.05, 3.63) is 34.5 Å². The summed E-state index contributed by atoms with van der Waals surface area (Å²) in [5.41, 5.74) is 0.955. The van der Waals surface area contributed by atoms with Gasteiger partial charge in [-0.1, -0.05) is 0 Å². The van der Waals surface area contributed by atoms with Gasteiger partial charge >= 0.3 is 0 Å². The lowest BCUT2D eigenvalue weighted by Gasteiger charge is -2.35. The van der Waals surface area contributed by atoms with Crippen LogP contribution in [0.3, 0.4) is 0 Å². The summed E-state index contributed by atoms with van der Waals surface area (Å²) in [6.45, 7) is 4.98. The lowest BCUT2D eigenvalue weighted by molar-refractivity contribution is -0.384. The minimum Gasteiger partial charge on any atom is -0.378 e. The highest BCUT2D eigenvalue weighted by Gasteiger charge is 2.29. The summed E-state index contributed by atoms with van der Waals surface area (Å²) >= 11 is 0. The second-order valence-electron chi connectivity index (χ2n) is 7.12. The Morgan fingerprint density at radius 3 is 2.67 bits per heavy atom. The number of aromatic nitrogens is 2. The quantitative estimate of drug-likeness (QED) is 0.595. The van der Waals surface area contributed by atoms with Gasteiger partial charge in [0, 0.05) is 49.6 Å². The van der Waals surface area contributed by atoms with Gasteiger partial charge in [0.05, 0.1) is 36.5 Å². The van der Waals surface area contributed by atoms with Crippen molar-refractivity contribution in [3.8, 4) is 0 Å². The molecule has 0 N–H and O–H groups in total. The standard InChI is InChI=1S/C18H23N5O4/c24-18(21-7-9-27-10-8-21)14-3-5-20(6-4-14)13-22-17-2-1-16(23(25)26)11-15(17)12-19-22/h1-2,11-12,14H,3-10,13H2. The van der Waals surface area contributed by atoms with Crippen LogP contribution in [-0.4, -0.2) is 69.8 Å². The largest absolute Gasteiger partial charge is 0.378 e. The molecule has 4 rings (SSSR count). The van der Waals surface area contributed by atoms with E-state index in [4.69, 9.17) is 4.74 Å². The summed E-state index contributed by atoms with van der Waals surface area (Å²) in [6.07, 6.45) is 3.36. The second kappa shape index (κ2) is 7.61. The number of carbonyl (C=O) groups excluding carboxylic acids is 1. The fraction of sp³-hybridized carbons (Fsp3) is 0.556. The molecule has 0 unspecified atom stereocenters. The first kappa shape index (κ1) is 17.9. The van der Waals surface area contributed by atoms with Crippen LogP contribution >= 0.6 is 0 Å². The Kier molecular flexibility index (Phi) is 5.04. The topological polar surface area (TPSA) is 93.7 Å². The SMILES string of the molecule is O=C(C1CCN(Cn2ncc3cc([N+](=O)[O-])ccc32)CC1)N1CCOCC1. The molecule has 2 saturated heterocycles. The van der Waals surface area contributed by atoms with E-state index in [0.717, 1.165) is 36.8 Å². The molecule has 0 radical (unpaired) electrons. The Balaban J connectivity index is 1.36. The number of fused-ring (bicyclic) bond motifs is 1. The van der Waals surface area contributed by atoms with Gasteiger partial charge in [-0.15, -0.1) is 0 Å². The third-order valence-corrected chi connectivity index (χ3v) is 5.43. The van der Waals surface area contributed by atoms with Gasteiger partial charge in [0.15, 0.2) is 0 Å². The van der Waals surface area contributed by atoms with Crippen LogP contribution in [-0.2, 0) is 16.2 Å². The van der Waals surface area contributed by atoms with E-state index in [-0.39, 0.29) is 17.5 Å². The van der Waals surface area contributed by atoms with E-state index in [9.17, 15) is 14.9 Å². The Hall–Kier alpha value is -2.52. The zero-order valence-electron chi connectivity index (χ0n) is 15.1. The van der Waals surface area contributed by atoms with E-state index in [1.165, 1.54) is 6.07 Å². The molecule has 0 saturated carbocycles. The average Bonchev–Trinajstić information content (AvgIpc) is 3.11. The van der Waals surface area contributed by atoms with Crippen molar-refractivity contribution < 1.29 is 14.5 Å². The van der Waals surface area contributed by atoms with Crippen LogP contribution in [0.2, 0.25) is 0 Å². The molecule has 2 aliphatic heterocycles. The predicted molar refractivity (Wildman–Crippen MR) is 98.1 cm³/mol. The van der Waals surface area contributed by atoms with Crippen molar-refractivity contribution in [1.29, 1.82) is 0 Å². The van der Waals surface area contributed by atoms with Crippen molar-refractivity contribution in [3.63, 3.8) is 0 Å². The zero-order chi connectivity index (χ0) is 18.8. The van der Waals surface area contributed by atoms with Gasteiger partial charge in [-0.05, 0) is 18.9 Å². The number of hydrogen-bond donors (Lipinski definition) is 0. The molecule has 1 aromatic carbocycles. The summed E-state index contributed by atoms with van der Waals surface area (Å²) < 4.78 is 7.18. The molecule has 9 heteroatoms. The molecule has 1 amide bonds. The zero-order valence-corrected chi connectivity index (χ0v) is 15.1. The first-order valence-corrected chi connectivity index (χ1v) is 9.30. The van der Waals surface area contributed by atoms with Gasteiger partial charge in [-0.25, -0.2) is 0 Å². The van der Waals surface area contributed by atoms with Crippen molar-refractivity contribution in [1.82, 2.24) is 19.6 Å². The number of ether oxygens (including phenoxy) is 1. The molecule has 9 nitrogen and oxygen atoms in total. The first-order chi connectivity index (χ1) is 13.1. The predicted octanol–water partition coefficient (Wildman–Crippen LogP) is 1.47. The lowest BCUT2D eigenvalue weighted by Crippen LogP contribution is -2.47. The van der Waals surface area contributed by atoms with E-state index < -0.39 is 4.92 Å². The minimum atomic E-state index is -0.396. The molecule has 144 valence electrons. The third kappa shape index (κ3) is 3.79. The van der Waals surface area contributed by atoms with Gasteiger partial charge in [0.2, 0.25) is 5.91 Å². The molecule has 2 aliphatic rings. The molecule has 0 aliphatic carbocycles. The summed E-state index contributed by atoms with van der Waals surface area (Å²) in [5, 5.41) is 16.0. The fourth-order valence-electron chi connectivity index (χ4n) is 3.85. The Bertz CT molecular complexity index is 837. The number of benzene rings is 1. The van der Waals surface area contributed by atoms with Gasteiger partial charge in [0.25, 0.3) is 5.69 Å². The number of piperidine rings is 1. The monoisotopic (exact) mass is 373 g/mol. The van der Waals surface area contributed by atoms with E-state index in [1.807, 2.05) is 9.58 Å². The fourth-order valence-corrected chi connectivity index (χ4v) is 3.85. The smallest absolute Gasteiger partial charge is 0.270 e. The maximum Gasteiger partial charge on any atom is 0.270 e. The van der Waals surface area contributed by atoms with Crippen molar-refractivity contribution in [2.45, 2.75) is 19.5 Å². The number of morpholine rings is 1. The average molecular weight is 373 g/mol. The molecule has 2 fully saturated rings. The summed E-state index contributed by atoms with van der Waals surface area (Å²) in [7, 11) is 0. The van der Waals surface area contributed by atoms with Gasteiger partial charge in [0.1, 0.15) is 0 Å². The number of carbonyl (C=O) groups is 1. The summed E-state index contributed by atoms with van der Waals surface area (Å²) in [4.78, 5) is 27.3. The highest BCUT2D eigenvalue weighted by molar-refractivity contribution is 5.81. The molecule has 2 aromatic rings. The molecule has 0 atom stereocenters. The Labute approximate surface area is 156 Å². The number of nitrogens with zero attached hydrogens (tertiary/aromatic N) is 5. The van der Waals surface area contributed by atoms with Crippen LogP contribution in [0, 0.1) is 16.0 Å². The molecule has 27 heavy (non-hydrogen) atoms. The third-order valence-electron chi connectivity index (χ3n) is 5.43. The van der Waals surface area contributed by atoms with Crippen molar-refractivity contribution in [2.75, 3.05) is 39.4 Å². The van der Waals surface area contributed by atoms with E-state index in [0.29, 0.717) is 33.0 Å². The molecular formula is C18H23N5O4. The van der Waals surface area contributed by atoms with Crippen LogP contribution in [0.4, 0.5) is 5.69 Å². The Morgan fingerprint density at radius 1 is 1.22 bits per heavy atom. The maximum atomic E-state index is 12.6. The van der Waals surface area contributed by atoms with E-state index >= 15 is 0 Å². The van der Waals surface area contributed by atoms with Crippen LogP contribution < -0.4 is 0 Å². The number of nitro groups is 1. The van der Waals surface area contributed by atoms with Crippen LogP contribution in [0.15, 0.2) is 24.4 Å². The van der Waals surface area contributed by atoms with Gasteiger partial charge in [-0.3, -0.25) is 24.5 Å². The lowest BCUT2D eigenvalue weighted by atomic mass is 9.95. The van der Waals surface area contributed by atoms with E-state index in [2.05, 4.69) is 10.00 Å². The van der Waals surface area contributed by atoms with Crippen molar-refractivity contribution in [2.24, 2.45) is 5.92 Å². The minimum absolute atomic E-state index is 0.0736. The van der Waals surface area contributed by atoms with E-state index in [1.54, 1.807) is 18.3 Å². The summed E-state index contributed by atoms with van der Waals surface area (Å²) in [5.74, 6) is 0.353. The number of likely N-dealkylation sites (tertiary alicyclic amines) is 1. The van der Waals surface area contributed by atoms with Crippen molar-refractivity contribution >= 4 is 22.5 Å². The number of hydrogen-bond acceptors (Lipinski definition) is 6. The maximum absolute atomic E-state index is 12.6. The van der Waals surface area contributed by atoms with Crippen LogP contribution in [0.1, 0.15) is 12.8 Å². The van der Waals surface area contributed by atoms with Crippen LogP contribution in [0.5, 0.6) is 0 Å². The molecule has 1 aromatic heterocycles. The highest BCUT2D eigenvalue weighted by atomic mass is 16.6. The normalized spacial score (nSPS) is 19.5. The number of amides is 1. The molecule has 0 spiro atoms.